The average Bonchev–Trinajstić information content (AvgIpc) is 3.36. The summed E-state index contributed by atoms with van der Waals surface area (Å²) in [6.45, 7) is 2.78. The Bertz CT molecular complexity index is 1170. The lowest BCUT2D eigenvalue weighted by Crippen LogP contribution is -2.12. The molecule has 0 radical (unpaired) electrons. The molecular formula is C22H19ClN4O3. The number of hydrogen-bond donors (Lipinski definition) is 1. The highest BCUT2D eigenvalue weighted by Gasteiger charge is 2.14. The molecule has 0 saturated carbocycles. The second-order valence-corrected chi connectivity index (χ2v) is 7.16. The van der Waals surface area contributed by atoms with Crippen LogP contribution in [0.2, 0.25) is 5.02 Å². The van der Waals surface area contributed by atoms with Crippen LogP contribution in [0.5, 0.6) is 5.75 Å². The highest BCUT2D eigenvalue weighted by atomic mass is 35.5. The van der Waals surface area contributed by atoms with Gasteiger partial charge in [-0.2, -0.15) is 0 Å². The molecule has 7 nitrogen and oxygen atoms in total. The van der Waals surface area contributed by atoms with Crippen LogP contribution in [0.1, 0.15) is 27.4 Å². The standard InChI is InChI=1S/C22H19ClN4O3/c1-15-4-2-5-16(10-15)12-27-14-24-22(26-27)25-21(28)20-9-8-19(30-20)13-29-18-7-3-6-17(23)11-18/h2-11,14H,12-13H2,1H3,(H,25,26,28). The first-order valence-corrected chi connectivity index (χ1v) is 9.66. The van der Waals surface area contributed by atoms with E-state index in [2.05, 4.69) is 21.5 Å². The van der Waals surface area contributed by atoms with E-state index in [1.807, 2.05) is 25.1 Å². The van der Waals surface area contributed by atoms with Crippen LogP contribution < -0.4 is 10.1 Å². The van der Waals surface area contributed by atoms with Crippen LogP contribution in [-0.4, -0.2) is 20.7 Å². The lowest BCUT2D eigenvalue weighted by molar-refractivity contribution is 0.0991. The molecule has 0 fully saturated rings. The molecule has 0 saturated heterocycles. The van der Waals surface area contributed by atoms with Crippen molar-refractivity contribution in [3.63, 3.8) is 0 Å². The summed E-state index contributed by atoms with van der Waals surface area (Å²) in [6, 6.07) is 18.4. The van der Waals surface area contributed by atoms with Gasteiger partial charge in [0.2, 0.25) is 5.95 Å². The van der Waals surface area contributed by atoms with E-state index in [1.165, 1.54) is 5.56 Å². The molecule has 30 heavy (non-hydrogen) atoms. The number of amides is 1. The van der Waals surface area contributed by atoms with Crippen LogP contribution >= 0.6 is 11.6 Å². The van der Waals surface area contributed by atoms with Crippen molar-refractivity contribution in [2.24, 2.45) is 0 Å². The quantitative estimate of drug-likeness (QED) is 0.466. The normalized spacial score (nSPS) is 10.7. The Balaban J connectivity index is 1.34. The van der Waals surface area contributed by atoms with Crippen molar-refractivity contribution in [1.29, 1.82) is 0 Å². The maximum absolute atomic E-state index is 12.4. The number of carbonyl (C=O) groups is 1. The molecule has 0 unspecified atom stereocenters. The third-order valence-electron chi connectivity index (χ3n) is 4.25. The lowest BCUT2D eigenvalue weighted by atomic mass is 10.1. The van der Waals surface area contributed by atoms with E-state index in [9.17, 15) is 4.79 Å². The Morgan fingerprint density at radius 3 is 2.87 bits per heavy atom. The molecule has 0 aliphatic carbocycles. The molecular weight excluding hydrogens is 404 g/mol. The number of hydrogen-bond acceptors (Lipinski definition) is 5. The minimum absolute atomic E-state index is 0.148. The summed E-state index contributed by atoms with van der Waals surface area (Å²) in [6.07, 6.45) is 1.57. The maximum atomic E-state index is 12.4. The molecule has 0 bridgehead atoms. The monoisotopic (exact) mass is 422 g/mol. The number of halogens is 1. The van der Waals surface area contributed by atoms with Gasteiger partial charge in [-0.3, -0.25) is 10.1 Å². The number of benzene rings is 2. The molecule has 0 aliphatic rings. The van der Waals surface area contributed by atoms with E-state index in [0.717, 1.165) is 5.56 Å². The van der Waals surface area contributed by atoms with Gasteiger partial charge in [0.25, 0.3) is 5.91 Å². The summed E-state index contributed by atoms with van der Waals surface area (Å²) >= 11 is 5.93. The van der Waals surface area contributed by atoms with Crippen molar-refractivity contribution < 1.29 is 13.9 Å². The van der Waals surface area contributed by atoms with Crippen molar-refractivity contribution in [2.75, 3.05) is 5.32 Å². The van der Waals surface area contributed by atoms with E-state index in [4.69, 9.17) is 20.8 Å². The second-order valence-electron chi connectivity index (χ2n) is 6.72. The van der Waals surface area contributed by atoms with Gasteiger partial charge in [-0.1, -0.05) is 47.5 Å². The molecule has 0 spiro atoms. The maximum Gasteiger partial charge on any atom is 0.293 e. The SMILES string of the molecule is Cc1cccc(Cn2cnc(NC(=O)c3ccc(COc4cccc(Cl)c4)o3)n2)c1. The van der Waals surface area contributed by atoms with Gasteiger partial charge in [0.05, 0.1) is 6.54 Å². The minimum Gasteiger partial charge on any atom is -0.486 e. The van der Waals surface area contributed by atoms with Crippen LogP contribution in [0.15, 0.2) is 71.4 Å². The van der Waals surface area contributed by atoms with Crippen LogP contribution in [0.4, 0.5) is 5.95 Å². The Morgan fingerprint density at radius 1 is 1.17 bits per heavy atom. The summed E-state index contributed by atoms with van der Waals surface area (Å²) in [5, 5.41) is 7.51. The zero-order chi connectivity index (χ0) is 20.9. The molecule has 4 rings (SSSR count). The summed E-state index contributed by atoms with van der Waals surface area (Å²) in [5.41, 5.74) is 2.28. The van der Waals surface area contributed by atoms with E-state index in [1.54, 1.807) is 47.4 Å². The van der Waals surface area contributed by atoms with E-state index in [0.29, 0.717) is 23.1 Å². The number of aromatic nitrogens is 3. The van der Waals surface area contributed by atoms with Gasteiger partial charge >= 0.3 is 0 Å². The van der Waals surface area contributed by atoms with E-state index >= 15 is 0 Å². The summed E-state index contributed by atoms with van der Waals surface area (Å²) in [7, 11) is 0. The fraction of sp³-hybridized carbons (Fsp3) is 0.136. The first kappa shape index (κ1) is 19.7. The number of rotatable bonds is 7. The molecule has 0 atom stereocenters. The fourth-order valence-corrected chi connectivity index (χ4v) is 3.06. The predicted octanol–water partition coefficient (Wildman–Crippen LogP) is 4.71. The van der Waals surface area contributed by atoms with Gasteiger partial charge < -0.3 is 9.15 Å². The van der Waals surface area contributed by atoms with Crippen LogP contribution in [0, 0.1) is 6.92 Å². The van der Waals surface area contributed by atoms with Crippen LogP contribution in [0.3, 0.4) is 0 Å². The van der Waals surface area contributed by atoms with Gasteiger partial charge in [0, 0.05) is 5.02 Å². The second kappa shape index (κ2) is 8.84. The van der Waals surface area contributed by atoms with Gasteiger partial charge in [-0.15, -0.1) is 5.10 Å². The van der Waals surface area contributed by atoms with Crippen LogP contribution in [-0.2, 0) is 13.2 Å². The smallest absolute Gasteiger partial charge is 0.293 e. The number of ether oxygens (including phenoxy) is 1. The van der Waals surface area contributed by atoms with Gasteiger partial charge in [-0.25, -0.2) is 9.67 Å². The molecule has 4 aromatic rings. The molecule has 8 heteroatoms. The van der Waals surface area contributed by atoms with Crippen molar-refractivity contribution >= 4 is 23.5 Å². The third kappa shape index (κ3) is 5.07. The zero-order valence-corrected chi connectivity index (χ0v) is 17.0. The first-order chi connectivity index (χ1) is 14.5. The number of nitrogens with one attached hydrogen (secondary N) is 1. The molecule has 0 aliphatic heterocycles. The van der Waals surface area contributed by atoms with Crippen molar-refractivity contribution in [1.82, 2.24) is 14.8 Å². The molecule has 2 aromatic carbocycles. The zero-order valence-electron chi connectivity index (χ0n) is 16.2. The third-order valence-corrected chi connectivity index (χ3v) is 4.49. The minimum atomic E-state index is -0.433. The molecule has 2 heterocycles. The highest BCUT2D eigenvalue weighted by molar-refractivity contribution is 6.30. The fourth-order valence-electron chi connectivity index (χ4n) is 2.88. The Kier molecular flexibility index (Phi) is 5.81. The van der Waals surface area contributed by atoms with Crippen molar-refractivity contribution in [3.05, 3.63) is 94.7 Å². The average molecular weight is 423 g/mol. The largest absolute Gasteiger partial charge is 0.486 e. The predicted molar refractivity (Wildman–Crippen MR) is 113 cm³/mol. The number of anilines is 1. The molecule has 152 valence electrons. The summed E-state index contributed by atoms with van der Waals surface area (Å²) < 4.78 is 12.8. The van der Waals surface area contributed by atoms with Crippen molar-refractivity contribution in [3.8, 4) is 5.75 Å². The van der Waals surface area contributed by atoms with Gasteiger partial charge in [0.1, 0.15) is 24.4 Å². The number of furan rings is 1. The van der Waals surface area contributed by atoms with Gasteiger partial charge in [0.15, 0.2) is 5.76 Å². The Labute approximate surface area is 178 Å². The van der Waals surface area contributed by atoms with E-state index in [-0.39, 0.29) is 18.3 Å². The van der Waals surface area contributed by atoms with Crippen molar-refractivity contribution in [2.45, 2.75) is 20.1 Å². The number of carbonyl (C=O) groups excluding carboxylic acids is 1. The molecule has 1 N–H and O–H groups in total. The van der Waals surface area contributed by atoms with E-state index < -0.39 is 5.91 Å². The Morgan fingerprint density at radius 2 is 2.03 bits per heavy atom. The topological polar surface area (TPSA) is 82.2 Å². The summed E-state index contributed by atoms with van der Waals surface area (Å²) in [5.74, 6) is 1.05. The lowest BCUT2D eigenvalue weighted by Gasteiger charge is -2.04. The number of nitrogens with zero attached hydrogens (tertiary/aromatic N) is 3. The first-order valence-electron chi connectivity index (χ1n) is 9.28. The Hall–Kier alpha value is -3.58. The van der Waals surface area contributed by atoms with Gasteiger partial charge in [-0.05, 0) is 42.8 Å². The van der Waals surface area contributed by atoms with Crippen LogP contribution in [0.25, 0.3) is 0 Å². The highest BCUT2D eigenvalue weighted by Crippen LogP contribution is 2.19. The molecule has 1 amide bonds. The number of aryl methyl sites for hydroxylation is 1. The molecule has 2 aromatic heterocycles. The summed E-state index contributed by atoms with van der Waals surface area (Å²) in [4.78, 5) is 16.5.